The van der Waals surface area contributed by atoms with Gasteiger partial charge in [-0.05, 0) is 53.0 Å². The smallest absolute Gasteiger partial charge is 0.245 e. The summed E-state index contributed by atoms with van der Waals surface area (Å²) < 4.78 is 7.04. The summed E-state index contributed by atoms with van der Waals surface area (Å²) in [5, 5.41) is 14.0. The van der Waals surface area contributed by atoms with Crippen molar-refractivity contribution in [3.8, 4) is 5.75 Å². The van der Waals surface area contributed by atoms with E-state index in [1.54, 1.807) is 14.2 Å². The molecule has 2 aliphatic heterocycles. The number of halogens is 2. The molecule has 7 heteroatoms. The molecule has 22 heavy (non-hydrogen) atoms. The van der Waals surface area contributed by atoms with Crippen molar-refractivity contribution in [2.24, 2.45) is 0 Å². The first-order valence-electron chi connectivity index (χ1n) is 7.15. The molecule has 0 unspecified atom stereocenters. The van der Waals surface area contributed by atoms with Crippen LogP contribution in [0.3, 0.4) is 0 Å². The Hall–Kier alpha value is -0.630. The van der Waals surface area contributed by atoms with Gasteiger partial charge in [0.1, 0.15) is 17.5 Å². The summed E-state index contributed by atoms with van der Waals surface area (Å²) in [7, 11) is 3.25. The second-order valence-corrected chi connectivity index (χ2v) is 7.53. The number of carbonyl (C=O) groups is 1. The van der Waals surface area contributed by atoms with Crippen LogP contribution >= 0.6 is 31.9 Å². The van der Waals surface area contributed by atoms with Gasteiger partial charge in [0.2, 0.25) is 5.91 Å². The highest BCUT2D eigenvalue weighted by Crippen LogP contribution is 2.48. The molecule has 120 valence electrons. The number of hydrogen-bond donors (Lipinski definition) is 2. The molecule has 1 amide bonds. The van der Waals surface area contributed by atoms with E-state index >= 15 is 0 Å². The Balaban J connectivity index is 2.15. The van der Waals surface area contributed by atoms with Crippen molar-refractivity contribution >= 4 is 37.8 Å². The van der Waals surface area contributed by atoms with Crippen LogP contribution in [-0.4, -0.2) is 48.4 Å². The Labute approximate surface area is 146 Å². The normalized spacial score (nSPS) is 31.3. The summed E-state index contributed by atoms with van der Waals surface area (Å²) in [5.41, 5.74) is 0.148. The zero-order chi connectivity index (χ0) is 16.1. The van der Waals surface area contributed by atoms with Crippen LogP contribution < -0.4 is 10.1 Å². The van der Waals surface area contributed by atoms with Crippen LogP contribution in [0.5, 0.6) is 5.75 Å². The van der Waals surface area contributed by atoms with Gasteiger partial charge in [-0.1, -0.05) is 15.9 Å². The number of carbonyl (C=O) groups excluding carboxylic acids is 1. The number of nitrogens with zero attached hydrogens (tertiary/aromatic N) is 1. The van der Waals surface area contributed by atoms with Gasteiger partial charge in [-0.3, -0.25) is 4.79 Å². The third-order valence-electron chi connectivity index (χ3n) is 4.72. The van der Waals surface area contributed by atoms with Crippen molar-refractivity contribution in [1.82, 2.24) is 10.2 Å². The standard InChI is InChI=1S/C15H18Br2N2O3/c1-19-13(20)12(15(14(19)21)4-3-5-18-15)8-6-11(22-2)10(17)7-9(8)16/h6-7,12-13,18,20H,3-5H2,1-2H3/t12-,13+,15-/m0/s1. The van der Waals surface area contributed by atoms with E-state index < -0.39 is 11.8 Å². The predicted molar refractivity (Wildman–Crippen MR) is 89.9 cm³/mol. The molecule has 2 saturated heterocycles. The van der Waals surface area contributed by atoms with Gasteiger partial charge >= 0.3 is 0 Å². The minimum absolute atomic E-state index is 0.0451. The van der Waals surface area contributed by atoms with Crippen LogP contribution in [0.1, 0.15) is 24.3 Å². The average molecular weight is 434 g/mol. The molecule has 2 aliphatic rings. The van der Waals surface area contributed by atoms with E-state index in [0.29, 0.717) is 5.75 Å². The van der Waals surface area contributed by atoms with Crippen LogP contribution in [0.15, 0.2) is 21.1 Å². The largest absolute Gasteiger partial charge is 0.496 e. The van der Waals surface area contributed by atoms with Gasteiger partial charge < -0.3 is 20.1 Å². The molecule has 0 bridgehead atoms. The predicted octanol–water partition coefficient (Wildman–Crippen LogP) is 2.22. The molecule has 3 rings (SSSR count). The molecular formula is C15H18Br2N2O3. The van der Waals surface area contributed by atoms with Crippen molar-refractivity contribution in [3.05, 3.63) is 26.6 Å². The topological polar surface area (TPSA) is 61.8 Å². The lowest BCUT2D eigenvalue weighted by atomic mass is 9.79. The van der Waals surface area contributed by atoms with E-state index in [-0.39, 0.29) is 11.8 Å². The first-order valence-corrected chi connectivity index (χ1v) is 8.74. The van der Waals surface area contributed by atoms with E-state index in [2.05, 4.69) is 37.2 Å². The number of likely N-dealkylation sites (tertiary alicyclic amines) is 1. The lowest BCUT2D eigenvalue weighted by Crippen LogP contribution is -2.50. The third-order valence-corrected chi connectivity index (χ3v) is 6.03. The molecule has 0 saturated carbocycles. The van der Waals surface area contributed by atoms with E-state index in [1.807, 2.05) is 12.1 Å². The summed E-state index contributed by atoms with van der Waals surface area (Å²) in [6, 6.07) is 3.78. The summed E-state index contributed by atoms with van der Waals surface area (Å²) in [5.74, 6) is 0.292. The molecule has 1 spiro atoms. The van der Waals surface area contributed by atoms with Gasteiger partial charge in [0.05, 0.1) is 17.5 Å². The zero-order valence-electron chi connectivity index (χ0n) is 12.4. The van der Waals surface area contributed by atoms with E-state index in [0.717, 1.165) is 33.9 Å². The number of benzene rings is 1. The van der Waals surface area contributed by atoms with Crippen LogP contribution in [0.2, 0.25) is 0 Å². The molecule has 0 radical (unpaired) electrons. The number of rotatable bonds is 2. The number of amides is 1. The molecule has 3 atom stereocenters. The molecule has 1 aromatic carbocycles. The summed E-state index contributed by atoms with van der Waals surface area (Å²) in [4.78, 5) is 14.1. The first-order chi connectivity index (χ1) is 10.4. The minimum atomic E-state index is -0.861. The van der Waals surface area contributed by atoms with Gasteiger partial charge in [0.15, 0.2) is 0 Å². The SMILES string of the molecule is COc1cc([C@H]2[C@@H](O)N(C)C(=O)[C@]23CCCN3)c(Br)cc1Br. The van der Waals surface area contributed by atoms with Crippen LogP contribution in [-0.2, 0) is 4.79 Å². The van der Waals surface area contributed by atoms with E-state index in [9.17, 15) is 9.90 Å². The lowest BCUT2D eigenvalue weighted by Gasteiger charge is -2.30. The number of methoxy groups -OCH3 is 1. The molecule has 2 N–H and O–H groups in total. The van der Waals surface area contributed by atoms with Crippen LogP contribution in [0.4, 0.5) is 0 Å². The van der Waals surface area contributed by atoms with Gasteiger partial charge in [-0.25, -0.2) is 0 Å². The zero-order valence-corrected chi connectivity index (χ0v) is 15.6. The Morgan fingerprint density at radius 3 is 2.73 bits per heavy atom. The Bertz CT molecular complexity index is 617. The van der Waals surface area contributed by atoms with Crippen LogP contribution in [0, 0.1) is 0 Å². The summed E-state index contributed by atoms with van der Waals surface area (Å²) in [6.45, 7) is 0.786. The number of aliphatic hydroxyl groups excluding tert-OH is 1. The van der Waals surface area contributed by atoms with Crippen molar-refractivity contribution in [3.63, 3.8) is 0 Å². The molecule has 0 aromatic heterocycles. The van der Waals surface area contributed by atoms with Crippen LogP contribution in [0.25, 0.3) is 0 Å². The Morgan fingerprint density at radius 1 is 1.41 bits per heavy atom. The maximum Gasteiger partial charge on any atom is 0.245 e. The first kappa shape index (κ1) is 16.2. The van der Waals surface area contributed by atoms with Crippen molar-refractivity contribution in [2.45, 2.75) is 30.5 Å². The van der Waals surface area contributed by atoms with Crippen molar-refractivity contribution < 1.29 is 14.6 Å². The number of likely N-dealkylation sites (N-methyl/N-ethyl adjacent to an activating group) is 1. The van der Waals surface area contributed by atoms with Gasteiger partial charge in [0, 0.05) is 11.5 Å². The summed E-state index contributed by atoms with van der Waals surface area (Å²) in [6.07, 6.45) is 0.789. The lowest BCUT2D eigenvalue weighted by molar-refractivity contribution is -0.135. The van der Waals surface area contributed by atoms with Crippen molar-refractivity contribution in [1.29, 1.82) is 0 Å². The minimum Gasteiger partial charge on any atom is -0.496 e. The second kappa shape index (κ2) is 5.78. The fourth-order valence-corrected chi connectivity index (χ4v) is 5.03. The average Bonchev–Trinajstić information content (AvgIpc) is 3.03. The van der Waals surface area contributed by atoms with Gasteiger partial charge in [-0.2, -0.15) is 0 Å². The highest BCUT2D eigenvalue weighted by molar-refractivity contribution is 9.11. The highest BCUT2D eigenvalue weighted by Gasteiger charge is 2.59. The number of aliphatic hydroxyl groups is 1. The molecule has 2 fully saturated rings. The highest BCUT2D eigenvalue weighted by atomic mass is 79.9. The second-order valence-electron chi connectivity index (χ2n) is 5.82. The van der Waals surface area contributed by atoms with Gasteiger partial charge in [-0.15, -0.1) is 0 Å². The monoisotopic (exact) mass is 432 g/mol. The van der Waals surface area contributed by atoms with E-state index in [4.69, 9.17) is 4.74 Å². The van der Waals surface area contributed by atoms with Gasteiger partial charge in [0.25, 0.3) is 0 Å². The maximum absolute atomic E-state index is 12.7. The fraction of sp³-hybridized carbons (Fsp3) is 0.533. The number of hydrogen-bond acceptors (Lipinski definition) is 4. The number of ether oxygens (including phenoxy) is 1. The summed E-state index contributed by atoms with van der Waals surface area (Å²) >= 11 is 7.02. The third kappa shape index (κ3) is 2.21. The Morgan fingerprint density at radius 2 is 2.14 bits per heavy atom. The molecule has 2 heterocycles. The van der Waals surface area contributed by atoms with E-state index in [1.165, 1.54) is 4.90 Å². The van der Waals surface area contributed by atoms with Crippen molar-refractivity contribution in [2.75, 3.05) is 20.7 Å². The molecular weight excluding hydrogens is 416 g/mol. The fourth-order valence-electron chi connectivity index (χ4n) is 3.63. The Kier molecular flexibility index (Phi) is 4.26. The quantitative estimate of drug-likeness (QED) is 0.750. The number of nitrogens with one attached hydrogen (secondary N) is 1. The molecule has 5 nitrogen and oxygen atoms in total. The molecule has 1 aromatic rings. The molecule has 0 aliphatic carbocycles. The maximum atomic E-state index is 12.7.